The van der Waals surface area contributed by atoms with Crippen LogP contribution >= 0.6 is 0 Å². The minimum absolute atomic E-state index is 0.136. The molecule has 9 heteroatoms. The molecule has 142 valence electrons. The first-order valence-electron chi connectivity index (χ1n) is 8.60. The molecule has 0 amide bonds. The van der Waals surface area contributed by atoms with E-state index in [4.69, 9.17) is 19.9 Å². The minimum Gasteiger partial charge on any atom is -0.492 e. The van der Waals surface area contributed by atoms with Gasteiger partial charge >= 0.3 is 0 Å². The topological polar surface area (TPSA) is 117 Å². The number of hydrogen-bond acceptors (Lipinski definition) is 8. The summed E-state index contributed by atoms with van der Waals surface area (Å²) in [5.74, 6) is 2.47. The van der Waals surface area contributed by atoms with Crippen LogP contribution in [0, 0.1) is 0 Å². The van der Waals surface area contributed by atoms with Crippen LogP contribution in [0.4, 0.5) is 11.6 Å². The van der Waals surface area contributed by atoms with Crippen LogP contribution < -0.4 is 25.3 Å². The lowest BCUT2D eigenvalue weighted by molar-refractivity contribution is 0.141. The van der Waals surface area contributed by atoms with Gasteiger partial charge in [0, 0.05) is 11.8 Å². The van der Waals surface area contributed by atoms with Gasteiger partial charge in [0.25, 0.3) is 0 Å². The van der Waals surface area contributed by atoms with E-state index >= 15 is 0 Å². The molecule has 0 aliphatic carbocycles. The molecular formula is C19H17N5O4. The van der Waals surface area contributed by atoms with Gasteiger partial charge in [-0.1, -0.05) is 6.07 Å². The number of ether oxygens (including phenoxy) is 3. The van der Waals surface area contributed by atoms with Crippen molar-refractivity contribution < 1.29 is 19.3 Å². The van der Waals surface area contributed by atoms with Gasteiger partial charge in [0.2, 0.25) is 12.5 Å². The van der Waals surface area contributed by atoms with Crippen molar-refractivity contribution in [2.75, 3.05) is 25.0 Å². The van der Waals surface area contributed by atoms with Crippen molar-refractivity contribution in [1.29, 1.82) is 0 Å². The average molecular weight is 379 g/mol. The molecule has 2 aromatic heterocycles. The van der Waals surface area contributed by atoms with Gasteiger partial charge in [-0.05, 0) is 30.3 Å². The number of nitrogen functional groups attached to an aromatic ring is 1. The largest absolute Gasteiger partial charge is 0.492 e. The molecule has 4 heterocycles. The number of benzene rings is 1. The summed E-state index contributed by atoms with van der Waals surface area (Å²) in [6.45, 7) is 0.136. The number of nitrogens with one attached hydrogen (secondary N) is 1. The second-order valence-electron chi connectivity index (χ2n) is 6.27. The molecule has 5 rings (SSSR count). The molecule has 4 N–H and O–H groups in total. The third-order valence-corrected chi connectivity index (χ3v) is 4.67. The third-order valence-electron chi connectivity index (χ3n) is 4.67. The van der Waals surface area contributed by atoms with Crippen LogP contribution in [-0.2, 0) is 0 Å². The van der Waals surface area contributed by atoms with Gasteiger partial charge in [-0.15, -0.1) is 0 Å². The van der Waals surface area contributed by atoms with Crippen molar-refractivity contribution in [2.45, 2.75) is 6.23 Å². The molecule has 1 aromatic carbocycles. The molecule has 1 atom stereocenters. The summed E-state index contributed by atoms with van der Waals surface area (Å²) in [6.07, 6.45) is 2.29. The van der Waals surface area contributed by atoms with Gasteiger partial charge < -0.3 is 30.4 Å². The van der Waals surface area contributed by atoms with E-state index in [2.05, 4.69) is 15.4 Å². The monoisotopic (exact) mass is 379 g/mol. The van der Waals surface area contributed by atoms with Crippen LogP contribution in [0.5, 0.6) is 17.2 Å². The highest BCUT2D eigenvalue weighted by Gasteiger charge is 2.30. The molecule has 0 radical (unpaired) electrons. The van der Waals surface area contributed by atoms with Crippen LogP contribution in [0.2, 0.25) is 0 Å². The zero-order valence-corrected chi connectivity index (χ0v) is 14.9. The Morgan fingerprint density at radius 1 is 1.29 bits per heavy atom. The molecule has 0 saturated carbocycles. The fourth-order valence-corrected chi connectivity index (χ4v) is 3.43. The molecule has 9 nitrogen and oxygen atoms in total. The van der Waals surface area contributed by atoms with E-state index in [0.717, 1.165) is 0 Å². The van der Waals surface area contributed by atoms with Crippen LogP contribution in [0.25, 0.3) is 17.0 Å². The fourth-order valence-electron chi connectivity index (χ4n) is 3.43. The first-order valence-corrected chi connectivity index (χ1v) is 8.60. The fraction of sp³-hybridized carbons (Fsp3) is 0.158. The van der Waals surface area contributed by atoms with Gasteiger partial charge in [-0.25, -0.2) is 4.68 Å². The molecule has 0 saturated heterocycles. The Morgan fingerprint density at radius 2 is 2.18 bits per heavy atom. The summed E-state index contributed by atoms with van der Waals surface area (Å²) in [5, 5.41) is 18.2. The van der Waals surface area contributed by atoms with Gasteiger partial charge in [-0.3, -0.25) is 4.98 Å². The first kappa shape index (κ1) is 16.5. The number of anilines is 2. The number of aliphatic hydroxyl groups excluding tert-OH is 1. The Balaban J connectivity index is 1.62. The Hall–Kier alpha value is -3.72. The van der Waals surface area contributed by atoms with Gasteiger partial charge in [0.1, 0.15) is 5.82 Å². The molecule has 0 spiro atoms. The second-order valence-corrected chi connectivity index (χ2v) is 6.27. The molecule has 28 heavy (non-hydrogen) atoms. The van der Waals surface area contributed by atoms with Crippen LogP contribution in [0.15, 0.2) is 42.6 Å². The van der Waals surface area contributed by atoms with Crippen LogP contribution in [0.3, 0.4) is 0 Å². The molecule has 2 aliphatic rings. The quantitative estimate of drug-likeness (QED) is 0.634. The van der Waals surface area contributed by atoms with Crippen molar-refractivity contribution in [3.63, 3.8) is 0 Å². The SMILES string of the molecule is COc1c(C2=CC(O)n3nc(N)c(-c4ccccn4)c3N2)ccc2c1OCO2. The Morgan fingerprint density at radius 3 is 2.96 bits per heavy atom. The number of aliphatic hydroxyl groups is 1. The van der Waals surface area contributed by atoms with E-state index in [1.54, 1.807) is 25.4 Å². The number of pyridine rings is 1. The normalized spacial score (nSPS) is 16.9. The van der Waals surface area contributed by atoms with E-state index in [9.17, 15) is 5.11 Å². The lowest BCUT2D eigenvalue weighted by Crippen LogP contribution is -2.19. The van der Waals surface area contributed by atoms with Crippen molar-refractivity contribution >= 4 is 17.3 Å². The number of rotatable bonds is 3. The zero-order chi connectivity index (χ0) is 19.3. The van der Waals surface area contributed by atoms with E-state index in [1.807, 2.05) is 24.3 Å². The van der Waals surface area contributed by atoms with E-state index in [-0.39, 0.29) is 12.6 Å². The number of aromatic nitrogens is 3. The van der Waals surface area contributed by atoms with Crippen molar-refractivity contribution in [2.24, 2.45) is 0 Å². The molecule has 1 unspecified atom stereocenters. The molecule has 3 aromatic rings. The predicted octanol–water partition coefficient (Wildman–Crippen LogP) is 2.22. The maximum Gasteiger partial charge on any atom is 0.231 e. The summed E-state index contributed by atoms with van der Waals surface area (Å²) >= 11 is 0. The standard InChI is InChI=1S/C19H17N5O4/c1-26-16-10(5-6-13-17(16)28-9-27-13)12-8-14(25)24-19(22-12)15(18(20)23-24)11-4-2-3-7-21-11/h2-8,14,22,25H,9H2,1H3,(H2,20,23). The van der Waals surface area contributed by atoms with E-state index < -0.39 is 6.23 Å². The average Bonchev–Trinajstić information content (AvgIpc) is 3.31. The molecule has 2 aliphatic heterocycles. The number of hydrogen-bond donors (Lipinski definition) is 3. The number of nitrogens with zero attached hydrogens (tertiary/aromatic N) is 3. The number of methoxy groups -OCH3 is 1. The maximum absolute atomic E-state index is 10.6. The Bertz CT molecular complexity index is 1090. The first-order chi connectivity index (χ1) is 13.7. The van der Waals surface area contributed by atoms with Gasteiger partial charge in [-0.2, -0.15) is 5.10 Å². The summed E-state index contributed by atoms with van der Waals surface area (Å²) in [7, 11) is 1.56. The summed E-state index contributed by atoms with van der Waals surface area (Å²) < 4.78 is 17.9. The Labute approximate surface area is 160 Å². The van der Waals surface area contributed by atoms with E-state index in [0.29, 0.717) is 45.6 Å². The van der Waals surface area contributed by atoms with Gasteiger partial charge in [0.15, 0.2) is 23.5 Å². The number of nitrogens with two attached hydrogens (primary N) is 1. The highest BCUT2D eigenvalue weighted by atomic mass is 16.7. The second kappa shape index (κ2) is 6.17. The van der Waals surface area contributed by atoms with Crippen LogP contribution in [-0.4, -0.2) is 33.8 Å². The smallest absolute Gasteiger partial charge is 0.231 e. The molecular weight excluding hydrogens is 362 g/mol. The lowest BCUT2D eigenvalue weighted by Gasteiger charge is -2.24. The van der Waals surface area contributed by atoms with Crippen molar-refractivity contribution in [1.82, 2.24) is 14.8 Å². The third kappa shape index (κ3) is 2.37. The zero-order valence-electron chi connectivity index (χ0n) is 14.9. The summed E-state index contributed by atoms with van der Waals surface area (Å²) in [5.41, 5.74) is 8.73. The van der Waals surface area contributed by atoms with Crippen LogP contribution in [0.1, 0.15) is 11.8 Å². The highest BCUT2D eigenvalue weighted by molar-refractivity contribution is 5.91. The Kier molecular flexibility index (Phi) is 3.63. The minimum atomic E-state index is -1.01. The molecule has 0 bridgehead atoms. The van der Waals surface area contributed by atoms with E-state index in [1.165, 1.54) is 4.68 Å². The van der Waals surface area contributed by atoms with Crippen molar-refractivity contribution in [3.8, 4) is 28.5 Å². The lowest BCUT2D eigenvalue weighted by atomic mass is 10.1. The van der Waals surface area contributed by atoms with Crippen molar-refractivity contribution in [3.05, 3.63) is 48.2 Å². The maximum atomic E-state index is 10.6. The summed E-state index contributed by atoms with van der Waals surface area (Å²) in [6, 6.07) is 9.16. The predicted molar refractivity (Wildman–Crippen MR) is 102 cm³/mol. The molecule has 0 fully saturated rings. The van der Waals surface area contributed by atoms with Gasteiger partial charge in [0.05, 0.1) is 24.1 Å². The summed E-state index contributed by atoms with van der Waals surface area (Å²) in [4.78, 5) is 4.36. The number of fused-ring (bicyclic) bond motifs is 2. The highest BCUT2D eigenvalue weighted by Crippen LogP contribution is 2.47.